The van der Waals surface area contributed by atoms with Crippen molar-refractivity contribution in [2.24, 2.45) is 0 Å². The molecule has 0 amide bonds. The van der Waals surface area contributed by atoms with Crippen LogP contribution in [0.5, 0.6) is 0 Å². The molecule has 1 aromatic heterocycles. The van der Waals surface area contributed by atoms with Crippen LogP contribution in [0.3, 0.4) is 0 Å². The van der Waals surface area contributed by atoms with E-state index in [9.17, 15) is 4.79 Å². The van der Waals surface area contributed by atoms with Crippen LogP contribution in [-0.4, -0.2) is 10.2 Å². The van der Waals surface area contributed by atoms with Crippen LogP contribution in [-0.2, 0) is 6.42 Å². The molecule has 0 aliphatic rings. The molecule has 4 nitrogen and oxygen atoms in total. The van der Waals surface area contributed by atoms with E-state index < -0.39 is 0 Å². The first-order valence-corrected chi connectivity index (χ1v) is 5.83. The van der Waals surface area contributed by atoms with Crippen molar-refractivity contribution in [3.05, 3.63) is 51.8 Å². The zero-order valence-electron chi connectivity index (χ0n) is 10.1. The minimum atomic E-state index is -0.363. The lowest BCUT2D eigenvalue weighted by molar-refractivity contribution is 0.921. The fraction of sp³-hybridized carbons (Fsp3) is 0.214. The second-order valence-electron chi connectivity index (χ2n) is 4.05. The molecule has 0 saturated heterocycles. The molecule has 2 aromatic rings. The molecular formula is C14H13N3O. The van der Waals surface area contributed by atoms with Crippen molar-refractivity contribution in [3.63, 3.8) is 0 Å². The van der Waals surface area contributed by atoms with Gasteiger partial charge in [0.25, 0.3) is 5.56 Å². The number of rotatable bonds is 3. The van der Waals surface area contributed by atoms with Crippen LogP contribution < -0.4 is 5.56 Å². The maximum absolute atomic E-state index is 11.1. The molecule has 0 unspecified atom stereocenters. The van der Waals surface area contributed by atoms with Gasteiger partial charge < -0.3 is 0 Å². The Bertz CT molecular complexity index is 635. The van der Waals surface area contributed by atoms with Gasteiger partial charge in [0.1, 0.15) is 11.8 Å². The van der Waals surface area contributed by atoms with Gasteiger partial charge in [-0.15, -0.1) is 0 Å². The molecule has 0 spiro atoms. The Balaban J connectivity index is 2.43. The second kappa shape index (κ2) is 5.28. The molecule has 0 bridgehead atoms. The van der Waals surface area contributed by atoms with Gasteiger partial charge in [-0.3, -0.25) is 4.79 Å². The van der Waals surface area contributed by atoms with Crippen molar-refractivity contribution < 1.29 is 0 Å². The van der Waals surface area contributed by atoms with E-state index in [0.717, 1.165) is 18.4 Å². The normalized spacial score (nSPS) is 10.0. The minimum Gasteiger partial charge on any atom is -0.268 e. The predicted molar refractivity (Wildman–Crippen MR) is 69.0 cm³/mol. The standard InChI is InChI=1S/C14H13N3O/c1-2-3-10-4-6-11(7-5-10)14-12(9-15)8-13(18)16-17-14/h4-8H,2-3H2,1H3,(H,16,18). The van der Waals surface area contributed by atoms with Crippen molar-refractivity contribution in [2.75, 3.05) is 0 Å². The zero-order valence-corrected chi connectivity index (χ0v) is 10.1. The number of H-pyrrole nitrogens is 1. The molecule has 0 aliphatic heterocycles. The zero-order chi connectivity index (χ0) is 13.0. The SMILES string of the molecule is CCCc1ccc(-c2n[nH]c(=O)cc2C#N)cc1. The van der Waals surface area contributed by atoms with Crippen LogP contribution in [0, 0.1) is 11.3 Å². The molecule has 0 atom stereocenters. The van der Waals surface area contributed by atoms with Crippen molar-refractivity contribution >= 4 is 0 Å². The van der Waals surface area contributed by atoms with Crippen molar-refractivity contribution in [1.82, 2.24) is 10.2 Å². The van der Waals surface area contributed by atoms with Gasteiger partial charge in [-0.1, -0.05) is 37.6 Å². The predicted octanol–water partition coefficient (Wildman–Crippen LogP) is 2.26. The highest BCUT2D eigenvalue weighted by Crippen LogP contribution is 2.20. The third kappa shape index (κ3) is 2.46. The largest absolute Gasteiger partial charge is 0.268 e. The van der Waals surface area contributed by atoms with E-state index in [-0.39, 0.29) is 5.56 Å². The van der Waals surface area contributed by atoms with Crippen LogP contribution in [0.4, 0.5) is 0 Å². The molecule has 0 saturated carbocycles. The Hall–Kier alpha value is -2.41. The Morgan fingerprint density at radius 1 is 1.33 bits per heavy atom. The summed E-state index contributed by atoms with van der Waals surface area (Å²) < 4.78 is 0. The molecule has 4 heteroatoms. The topological polar surface area (TPSA) is 69.5 Å². The molecule has 18 heavy (non-hydrogen) atoms. The van der Waals surface area contributed by atoms with Crippen LogP contribution >= 0.6 is 0 Å². The van der Waals surface area contributed by atoms with E-state index >= 15 is 0 Å². The first-order chi connectivity index (χ1) is 8.74. The number of nitrogens with one attached hydrogen (secondary N) is 1. The summed E-state index contributed by atoms with van der Waals surface area (Å²) in [5.41, 5.74) is 2.53. The van der Waals surface area contributed by atoms with Crippen LogP contribution in [0.25, 0.3) is 11.3 Å². The van der Waals surface area contributed by atoms with Crippen LogP contribution in [0.2, 0.25) is 0 Å². The summed E-state index contributed by atoms with van der Waals surface area (Å²) in [5.74, 6) is 0. The van der Waals surface area contributed by atoms with Gasteiger partial charge in [-0.2, -0.15) is 10.4 Å². The number of hydrogen-bond acceptors (Lipinski definition) is 3. The Morgan fingerprint density at radius 2 is 2.06 bits per heavy atom. The summed E-state index contributed by atoms with van der Waals surface area (Å²) in [6.07, 6.45) is 2.13. The highest BCUT2D eigenvalue weighted by Gasteiger charge is 2.07. The number of aryl methyl sites for hydroxylation is 1. The first-order valence-electron chi connectivity index (χ1n) is 5.83. The van der Waals surface area contributed by atoms with Gasteiger partial charge in [0.2, 0.25) is 0 Å². The van der Waals surface area contributed by atoms with E-state index in [1.165, 1.54) is 11.6 Å². The van der Waals surface area contributed by atoms with Crippen LogP contribution in [0.15, 0.2) is 35.1 Å². The summed E-state index contributed by atoms with van der Waals surface area (Å²) in [4.78, 5) is 11.1. The number of aromatic amines is 1. The molecule has 1 N–H and O–H groups in total. The van der Waals surface area contributed by atoms with Gasteiger partial charge >= 0.3 is 0 Å². The Kier molecular flexibility index (Phi) is 3.54. The molecule has 0 fully saturated rings. The smallest absolute Gasteiger partial charge is 0.265 e. The molecule has 1 heterocycles. The molecule has 2 rings (SSSR count). The second-order valence-corrected chi connectivity index (χ2v) is 4.05. The molecule has 0 radical (unpaired) electrons. The number of benzene rings is 1. The van der Waals surface area contributed by atoms with E-state index in [1.54, 1.807) is 0 Å². The summed E-state index contributed by atoms with van der Waals surface area (Å²) in [7, 11) is 0. The number of nitrogens with zero attached hydrogens (tertiary/aromatic N) is 2. The van der Waals surface area contributed by atoms with E-state index in [2.05, 4.69) is 17.1 Å². The lowest BCUT2D eigenvalue weighted by atomic mass is 10.0. The summed E-state index contributed by atoms with van der Waals surface area (Å²) >= 11 is 0. The Morgan fingerprint density at radius 3 is 2.67 bits per heavy atom. The average molecular weight is 239 g/mol. The van der Waals surface area contributed by atoms with Crippen molar-refractivity contribution in [1.29, 1.82) is 5.26 Å². The summed E-state index contributed by atoms with van der Waals surface area (Å²) in [5, 5.41) is 15.3. The van der Waals surface area contributed by atoms with E-state index in [4.69, 9.17) is 5.26 Å². The van der Waals surface area contributed by atoms with E-state index in [0.29, 0.717) is 11.3 Å². The summed E-state index contributed by atoms with van der Waals surface area (Å²) in [6.45, 7) is 2.13. The number of hydrogen-bond donors (Lipinski definition) is 1. The van der Waals surface area contributed by atoms with Crippen molar-refractivity contribution in [2.45, 2.75) is 19.8 Å². The van der Waals surface area contributed by atoms with E-state index in [1.807, 2.05) is 30.3 Å². The van der Waals surface area contributed by atoms with Gasteiger partial charge in [0, 0.05) is 11.6 Å². The maximum Gasteiger partial charge on any atom is 0.265 e. The fourth-order valence-corrected chi connectivity index (χ4v) is 1.83. The highest BCUT2D eigenvalue weighted by atomic mass is 16.1. The number of nitriles is 1. The molecule has 1 aromatic carbocycles. The molecule has 0 aliphatic carbocycles. The first kappa shape index (κ1) is 12.1. The third-order valence-electron chi connectivity index (χ3n) is 2.69. The summed E-state index contributed by atoms with van der Waals surface area (Å²) in [6, 6.07) is 11.1. The molecule has 90 valence electrons. The average Bonchev–Trinajstić information content (AvgIpc) is 2.40. The van der Waals surface area contributed by atoms with Gasteiger partial charge in [-0.05, 0) is 12.0 Å². The lowest BCUT2D eigenvalue weighted by Gasteiger charge is -2.03. The third-order valence-corrected chi connectivity index (χ3v) is 2.69. The monoisotopic (exact) mass is 239 g/mol. The molecular weight excluding hydrogens is 226 g/mol. The van der Waals surface area contributed by atoms with Crippen LogP contribution in [0.1, 0.15) is 24.5 Å². The maximum atomic E-state index is 11.1. The fourth-order valence-electron chi connectivity index (χ4n) is 1.83. The minimum absolute atomic E-state index is 0.294. The quantitative estimate of drug-likeness (QED) is 0.893. The lowest BCUT2D eigenvalue weighted by Crippen LogP contribution is -2.08. The highest BCUT2D eigenvalue weighted by molar-refractivity contribution is 5.65. The van der Waals surface area contributed by atoms with Gasteiger partial charge in [0.05, 0.1) is 5.56 Å². The number of aromatic nitrogens is 2. The Labute approximate surface area is 105 Å². The van der Waals surface area contributed by atoms with Gasteiger partial charge in [-0.25, -0.2) is 5.10 Å². The van der Waals surface area contributed by atoms with Gasteiger partial charge in [0.15, 0.2) is 0 Å². The van der Waals surface area contributed by atoms with Crippen molar-refractivity contribution in [3.8, 4) is 17.3 Å².